The Morgan fingerprint density at radius 3 is 2.82 bits per heavy atom. The van der Waals surface area contributed by atoms with E-state index < -0.39 is 0 Å². The van der Waals surface area contributed by atoms with Crippen LogP contribution in [-0.2, 0) is 11.3 Å². The normalized spacial score (nSPS) is 18.8. The Hall–Kier alpha value is -1.79. The first-order valence-electron chi connectivity index (χ1n) is 7.50. The van der Waals surface area contributed by atoms with E-state index in [-0.39, 0.29) is 12.0 Å². The number of carbonyl (C=O) groups is 1. The van der Waals surface area contributed by atoms with Crippen LogP contribution >= 0.6 is 0 Å². The average Bonchev–Trinajstić information content (AvgIpc) is 2.52. The average molecular weight is 308 g/mol. The lowest BCUT2D eigenvalue weighted by molar-refractivity contribution is -0.123. The van der Waals surface area contributed by atoms with Crippen LogP contribution < -0.4 is 14.8 Å². The third-order valence-corrected chi connectivity index (χ3v) is 3.79. The molecule has 0 aliphatic carbocycles. The number of β-amino-alcohol motifs (C(OH)–C–C–N with tert-alkyl or cyclic N) is 1. The minimum Gasteiger partial charge on any atom is -0.493 e. The van der Waals surface area contributed by atoms with Gasteiger partial charge in [0.25, 0.3) is 0 Å². The number of hydrogen-bond donors (Lipinski definition) is 2. The summed E-state index contributed by atoms with van der Waals surface area (Å²) in [5.41, 5.74) is 0.949. The van der Waals surface area contributed by atoms with E-state index in [4.69, 9.17) is 9.47 Å². The third kappa shape index (κ3) is 4.61. The van der Waals surface area contributed by atoms with Crippen LogP contribution in [0, 0.1) is 0 Å². The van der Waals surface area contributed by atoms with Gasteiger partial charge in [0.05, 0.1) is 26.9 Å². The van der Waals surface area contributed by atoms with Gasteiger partial charge in [0.15, 0.2) is 11.5 Å². The van der Waals surface area contributed by atoms with Gasteiger partial charge in [-0.2, -0.15) is 0 Å². The summed E-state index contributed by atoms with van der Waals surface area (Å²) in [5.74, 6) is 1.28. The minimum absolute atomic E-state index is 0.0381. The molecule has 0 bridgehead atoms. The van der Waals surface area contributed by atoms with Crippen molar-refractivity contribution in [3.05, 3.63) is 23.8 Å². The molecule has 6 nitrogen and oxygen atoms in total. The predicted octanol–water partition coefficient (Wildman–Crippen LogP) is 0.777. The van der Waals surface area contributed by atoms with E-state index in [1.807, 2.05) is 23.1 Å². The van der Waals surface area contributed by atoms with Gasteiger partial charge in [-0.05, 0) is 37.1 Å². The van der Waals surface area contributed by atoms with E-state index in [1.165, 1.54) is 0 Å². The summed E-state index contributed by atoms with van der Waals surface area (Å²) >= 11 is 0. The number of ether oxygens (including phenoxy) is 2. The Kier molecular flexibility index (Phi) is 6.03. The Labute approximate surface area is 131 Å². The zero-order chi connectivity index (χ0) is 15.9. The predicted molar refractivity (Wildman–Crippen MR) is 83.1 cm³/mol. The van der Waals surface area contributed by atoms with E-state index >= 15 is 0 Å². The maximum absolute atomic E-state index is 12.0. The summed E-state index contributed by atoms with van der Waals surface area (Å²) in [4.78, 5) is 14.0. The number of benzene rings is 1. The van der Waals surface area contributed by atoms with Gasteiger partial charge in [0.2, 0.25) is 5.91 Å². The van der Waals surface area contributed by atoms with Crippen LogP contribution in [0.2, 0.25) is 0 Å². The summed E-state index contributed by atoms with van der Waals surface area (Å²) in [6, 6.07) is 5.57. The van der Waals surface area contributed by atoms with E-state index in [1.54, 1.807) is 14.2 Å². The van der Waals surface area contributed by atoms with Crippen LogP contribution in [0.4, 0.5) is 0 Å². The molecule has 22 heavy (non-hydrogen) atoms. The van der Waals surface area contributed by atoms with Gasteiger partial charge in [0.1, 0.15) is 0 Å². The first-order valence-corrected chi connectivity index (χ1v) is 7.50. The molecular formula is C16H24N2O4. The Morgan fingerprint density at radius 1 is 1.36 bits per heavy atom. The molecule has 2 rings (SSSR count). The molecular weight excluding hydrogens is 284 g/mol. The fourth-order valence-corrected chi connectivity index (χ4v) is 2.62. The second-order valence-electron chi connectivity index (χ2n) is 5.50. The number of aliphatic hydroxyl groups excluding tert-OH is 1. The molecule has 1 amide bonds. The maximum Gasteiger partial charge on any atom is 0.234 e. The molecule has 6 heteroatoms. The second-order valence-corrected chi connectivity index (χ2v) is 5.50. The van der Waals surface area contributed by atoms with Crippen molar-refractivity contribution in [2.24, 2.45) is 0 Å². The minimum atomic E-state index is -0.313. The fraction of sp³-hybridized carbons (Fsp3) is 0.562. The van der Waals surface area contributed by atoms with Gasteiger partial charge in [0, 0.05) is 13.1 Å². The molecule has 1 aliphatic rings. The lowest BCUT2D eigenvalue weighted by Crippen LogP contribution is -2.44. The SMILES string of the molecule is COc1ccc(CNC(=O)CN2CCCC(O)C2)cc1OC. The molecule has 0 radical (unpaired) electrons. The number of hydrogen-bond acceptors (Lipinski definition) is 5. The fourth-order valence-electron chi connectivity index (χ4n) is 2.62. The highest BCUT2D eigenvalue weighted by atomic mass is 16.5. The Bertz CT molecular complexity index is 507. The summed E-state index contributed by atoms with van der Waals surface area (Å²) in [7, 11) is 3.17. The monoisotopic (exact) mass is 308 g/mol. The number of methoxy groups -OCH3 is 2. The van der Waals surface area contributed by atoms with Gasteiger partial charge in [-0.1, -0.05) is 6.07 Å². The molecule has 1 saturated heterocycles. The summed E-state index contributed by atoms with van der Waals surface area (Å²) in [5, 5.41) is 12.5. The highest BCUT2D eigenvalue weighted by Crippen LogP contribution is 2.27. The lowest BCUT2D eigenvalue weighted by Gasteiger charge is -2.29. The number of aliphatic hydroxyl groups is 1. The quantitative estimate of drug-likeness (QED) is 0.812. The van der Waals surface area contributed by atoms with E-state index in [0.29, 0.717) is 31.1 Å². The second kappa shape index (κ2) is 8.00. The maximum atomic E-state index is 12.0. The lowest BCUT2D eigenvalue weighted by atomic mass is 10.1. The van der Waals surface area contributed by atoms with Crippen LogP contribution in [0.1, 0.15) is 18.4 Å². The summed E-state index contributed by atoms with van der Waals surface area (Å²) in [6.07, 6.45) is 1.45. The van der Waals surface area contributed by atoms with Gasteiger partial charge in [-0.3, -0.25) is 9.69 Å². The molecule has 1 unspecified atom stereocenters. The smallest absolute Gasteiger partial charge is 0.234 e. The van der Waals surface area contributed by atoms with Crippen molar-refractivity contribution in [1.29, 1.82) is 0 Å². The van der Waals surface area contributed by atoms with Crippen LogP contribution in [0.5, 0.6) is 11.5 Å². The summed E-state index contributed by atoms with van der Waals surface area (Å²) < 4.78 is 10.4. The topological polar surface area (TPSA) is 71.0 Å². The van der Waals surface area contributed by atoms with E-state index in [9.17, 15) is 9.90 Å². The number of rotatable bonds is 6. The van der Waals surface area contributed by atoms with Crippen LogP contribution in [0.25, 0.3) is 0 Å². The number of piperidine rings is 1. The standard InChI is InChI=1S/C16H24N2O4/c1-21-14-6-5-12(8-15(14)22-2)9-17-16(20)11-18-7-3-4-13(19)10-18/h5-6,8,13,19H,3-4,7,9-11H2,1-2H3,(H,17,20). The highest BCUT2D eigenvalue weighted by Gasteiger charge is 2.19. The van der Waals surface area contributed by atoms with Crippen LogP contribution in [-0.4, -0.2) is 55.9 Å². The molecule has 1 aromatic carbocycles. The first kappa shape index (κ1) is 16.6. The van der Waals surface area contributed by atoms with Crippen molar-refractivity contribution in [3.63, 3.8) is 0 Å². The van der Waals surface area contributed by atoms with Gasteiger partial charge >= 0.3 is 0 Å². The van der Waals surface area contributed by atoms with E-state index in [2.05, 4.69) is 5.32 Å². The van der Waals surface area contributed by atoms with Gasteiger partial charge in [-0.25, -0.2) is 0 Å². The van der Waals surface area contributed by atoms with E-state index in [0.717, 1.165) is 24.9 Å². The molecule has 1 heterocycles. The molecule has 1 atom stereocenters. The highest BCUT2D eigenvalue weighted by molar-refractivity contribution is 5.78. The number of amides is 1. The first-order chi connectivity index (χ1) is 10.6. The van der Waals surface area contributed by atoms with Crippen molar-refractivity contribution in [1.82, 2.24) is 10.2 Å². The molecule has 1 fully saturated rings. The van der Waals surface area contributed by atoms with Crippen molar-refractivity contribution < 1.29 is 19.4 Å². The van der Waals surface area contributed by atoms with Crippen molar-refractivity contribution >= 4 is 5.91 Å². The Balaban J connectivity index is 1.83. The zero-order valence-corrected chi connectivity index (χ0v) is 13.2. The molecule has 122 valence electrons. The van der Waals surface area contributed by atoms with Crippen molar-refractivity contribution in [2.75, 3.05) is 33.9 Å². The number of nitrogens with one attached hydrogen (secondary N) is 1. The number of likely N-dealkylation sites (tertiary alicyclic amines) is 1. The molecule has 2 N–H and O–H groups in total. The number of nitrogens with zero attached hydrogens (tertiary/aromatic N) is 1. The molecule has 0 aromatic heterocycles. The number of carbonyl (C=O) groups excluding carboxylic acids is 1. The molecule has 0 saturated carbocycles. The zero-order valence-electron chi connectivity index (χ0n) is 13.2. The third-order valence-electron chi connectivity index (χ3n) is 3.79. The van der Waals surface area contributed by atoms with Crippen LogP contribution in [0.15, 0.2) is 18.2 Å². The van der Waals surface area contributed by atoms with Gasteiger partial charge < -0.3 is 19.9 Å². The molecule has 1 aliphatic heterocycles. The van der Waals surface area contributed by atoms with Crippen molar-refractivity contribution in [2.45, 2.75) is 25.5 Å². The molecule has 1 aromatic rings. The Morgan fingerprint density at radius 2 is 2.14 bits per heavy atom. The summed E-state index contributed by atoms with van der Waals surface area (Å²) in [6.45, 7) is 2.20. The van der Waals surface area contributed by atoms with Gasteiger partial charge in [-0.15, -0.1) is 0 Å². The van der Waals surface area contributed by atoms with Crippen LogP contribution in [0.3, 0.4) is 0 Å². The largest absolute Gasteiger partial charge is 0.493 e. The van der Waals surface area contributed by atoms with Crippen molar-refractivity contribution in [3.8, 4) is 11.5 Å². The molecule has 0 spiro atoms.